The number of rotatable bonds is 9. The van der Waals surface area contributed by atoms with Gasteiger partial charge in [0.2, 0.25) is 5.89 Å². The second-order valence-corrected chi connectivity index (χ2v) is 8.16. The molecule has 0 unspecified atom stereocenters. The van der Waals surface area contributed by atoms with Gasteiger partial charge in [0.1, 0.15) is 22.8 Å². The van der Waals surface area contributed by atoms with Crippen molar-refractivity contribution in [2.24, 2.45) is 0 Å². The van der Waals surface area contributed by atoms with Gasteiger partial charge < -0.3 is 24.0 Å². The van der Waals surface area contributed by atoms with Crippen LogP contribution in [0.15, 0.2) is 51.7 Å². The first kappa shape index (κ1) is 24.5. The first-order valence-electron chi connectivity index (χ1n) is 11.5. The molecule has 0 fully saturated rings. The number of H-pyrrole nitrogens is 1. The normalized spacial score (nSPS) is 10.7. The van der Waals surface area contributed by atoms with Crippen LogP contribution in [0.5, 0.6) is 17.2 Å². The third-order valence-corrected chi connectivity index (χ3v) is 5.84. The number of nitrogens with zero attached hydrogens (tertiary/aromatic N) is 3. The Kier molecular flexibility index (Phi) is 7.35. The van der Waals surface area contributed by atoms with Gasteiger partial charge in [-0.15, -0.1) is 10.2 Å². The molecular weight excluding hydrogens is 460 g/mol. The van der Waals surface area contributed by atoms with Crippen LogP contribution in [0.2, 0.25) is 0 Å². The number of aromatic hydroxyl groups is 1. The van der Waals surface area contributed by atoms with Crippen molar-refractivity contribution in [3.8, 4) is 45.9 Å². The van der Waals surface area contributed by atoms with Crippen LogP contribution in [0.3, 0.4) is 0 Å². The topological polar surface area (TPSA) is 134 Å². The maximum Gasteiger partial charge on any atom is 0.264 e. The van der Waals surface area contributed by atoms with Crippen molar-refractivity contribution in [2.75, 3.05) is 14.2 Å². The van der Waals surface area contributed by atoms with E-state index in [2.05, 4.69) is 21.3 Å². The lowest BCUT2D eigenvalue weighted by Gasteiger charge is -2.18. The first-order chi connectivity index (χ1) is 17.5. The van der Waals surface area contributed by atoms with E-state index in [0.29, 0.717) is 46.7 Å². The van der Waals surface area contributed by atoms with Crippen molar-refractivity contribution >= 4 is 0 Å². The van der Waals surface area contributed by atoms with Crippen LogP contribution >= 0.6 is 0 Å². The maximum absolute atomic E-state index is 13.1. The SMILES string of the molecule is CCCCc1[nH]c(=O)c(-c2nnc(Cc3ccc(C#N)cc3)o2)c(O)c1-c1c(OC)cccc1OC. The summed E-state index contributed by atoms with van der Waals surface area (Å²) in [5.41, 5.74) is 2.20. The Morgan fingerprint density at radius 2 is 1.72 bits per heavy atom. The summed E-state index contributed by atoms with van der Waals surface area (Å²) < 4.78 is 16.9. The van der Waals surface area contributed by atoms with Crippen molar-refractivity contribution in [1.82, 2.24) is 15.2 Å². The molecular formula is C27H26N4O5. The molecule has 4 aromatic rings. The van der Waals surface area contributed by atoms with Crippen molar-refractivity contribution in [3.63, 3.8) is 0 Å². The molecule has 2 N–H and O–H groups in total. The standard InChI is InChI=1S/C27H26N4O5/c1-4-5-7-18-22(23-19(34-2)8-6-9-20(23)35-3)25(32)24(26(33)29-18)27-31-30-21(36-27)14-16-10-12-17(15-28)13-11-16/h6,8-13H,4-5,7,14H2,1-3H3,(H2,29,32,33). The summed E-state index contributed by atoms with van der Waals surface area (Å²) in [7, 11) is 3.06. The number of benzene rings is 2. The average molecular weight is 487 g/mol. The lowest BCUT2D eigenvalue weighted by atomic mass is 9.96. The molecule has 0 radical (unpaired) electrons. The summed E-state index contributed by atoms with van der Waals surface area (Å²) >= 11 is 0. The summed E-state index contributed by atoms with van der Waals surface area (Å²) in [6.07, 6.45) is 2.53. The zero-order valence-electron chi connectivity index (χ0n) is 20.3. The minimum Gasteiger partial charge on any atom is -0.506 e. The molecule has 0 aliphatic heterocycles. The minimum absolute atomic E-state index is 0.102. The lowest BCUT2D eigenvalue weighted by molar-refractivity contribution is 0.396. The van der Waals surface area contributed by atoms with E-state index in [4.69, 9.17) is 19.2 Å². The molecule has 0 aliphatic carbocycles. The second-order valence-electron chi connectivity index (χ2n) is 8.16. The number of methoxy groups -OCH3 is 2. The highest BCUT2D eigenvalue weighted by atomic mass is 16.5. The molecule has 184 valence electrons. The number of nitriles is 1. The smallest absolute Gasteiger partial charge is 0.264 e. The minimum atomic E-state index is -0.537. The predicted molar refractivity (Wildman–Crippen MR) is 133 cm³/mol. The summed E-state index contributed by atoms with van der Waals surface area (Å²) in [4.78, 5) is 16.0. The van der Waals surface area contributed by atoms with Gasteiger partial charge in [-0.05, 0) is 42.7 Å². The van der Waals surface area contributed by atoms with E-state index in [0.717, 1.165) is 18.4 Å². The van der Waals surface area contributed by atoms with Crippen LogP contribution in [0, 0.1) is 11.3 Å². The molecule has 9 nitrogen and oxygen atoms in total. The van der Waals surface area contributed by atoms with Crippen LogP contribution in [0.4, 0.5) is 0 Å². The number of aromatic amines is 1. The molecule has 36 heavy (non-hydrogen) atoms. The Hall–Kier alpha value is -4.58. The fourth-order valence-electron chi connectivity index (χ4n) is 4.04. The molecule has 2 heterocycles. The van der Waals surface area contributed by atoms with Crippen molar-refractivity contribution < 1.29 is 19.0 Å². The predicted octanol–water partition coefficient (Wildman–Crippen LogP) is 4.62. The molecule has 0 saturated heterocycles. The number of unbranched alkanes of at least 4 members (excludes halogenated alkanes) is 1. The molecule has 2 aromatic carbocycles. The van der Waals surface area contributed by atoms with Crippen molar-refractivity contribution in [1.29, 1.82) is 5.26 Å². The van der Waals surface area contributed by atoms with Crippen molar-refractivity contribution in [2.45, 2.75) is 32.6 Å². The van der Waals surface area contributed by atoms with Gasteiger partial charge in [-0.1, -0.05) is 31.5 Å². The van der Waals surface area contributed by atoms with Gasteiger partial charge in [-0.2, -0.15) is 5.26 Å². The monoisotopic (exact) mass is 486 g/mol. The van der Waals surface area contributed by atoms with E-state index >= 15 is 0 Å². The average Bonchev–Trinajstić information content (AvgIpc) is 3.35. The van der Waals surface area contributed by atoms with E-state index in [9.17, 15) is 9.90 Å². The number of pyridine rings is 1. The van der Waals surface area contributed by atoms with E-state index in [1.165, 1.54) is 14.2 Å². The Morgan fingerprint density at radius 3 is 2.33 bits per heavy atom. The summed E-state index contributed by atoms with van der Waals surface area (Å²) in [5.74, 6) is 0.829. The molecule has 9 heteroatoms. The van der Waals surface area contributed by atoms with Crippen LogP contribution < -0.4 is 15.0 Å². The van der Waals surface area contributed by atoms with E-state index in [1.54, 1.807) is 42.5 Å². The Labute approximate surface area is 208 Å². The third-order valence-electron chi connectivity index (χ3n) is 5.84. The van der Waals surface area contributed by atoms with Gasteiger partial charge in [0.15, 0.2) is 0 Å². The van der Waals surface area contributed by atoms with Gasteiger partial charge in [0, 0.05) is 5.69 Å². The van der Waals surface area contributed by atoms with Crippen molar-refractivity contribution in [3.05, 3.63) is 75.5 Å². The van der Waals surface area contributed by atoms with Gasteiger partial charge in [0.25, 0.3) is 11.4 Å². The second kappa shape index (κ2) is 10.8. The van der Waals surface area contributed by atoms with E-state index in [-0.39, 0.29) is 23.1 Å². The third kappa shape index (κ3) is 4.79. The fraction of sp³-hybridized carbons (Fsp3) is 0.259. The molecule has 0 saturated carbocycles. The quantitative estimate of drug-likeness (QED) is 0.350. The molecule has 0 aliphatic rings. The summed E-state index contributed by atoms with van der Waals surface area (Å²) in [5, 5.41) is 28.5. The number of ether oxygens (including phenoxy) is 2. The highest BCUT2D eigenvalue weighted by molar-refractivity contribution is 5.86. The molecule has 4 rings (SSSR count). The Bertz CT molecular complexity index is 1440. The van der Waals surface area contributed by atoms with Crippen LogP contribution in [0.25, 0.3) is 22.6 Å². The van der Waals surface area contributed by atoms with Gasteiger partial charge in [-0.25, -0.2) is 0 Å². The van der Waals surface area contributed by atoms with Crippen LogP contribution in [0.1, 0.15) is 42.5 Å². The van der Waals surface area contributed by atoms with Gasteiger partial charge in [0.05, 0.1) is 43.4 Å². The number of aromatic nitrogens is 3. The first-order valence-corrected chi connectivity index (χ1v) is 11.5. The number of nitrogens with one attached hydrogen (secondary N) is 1. The molecule has 0 amide bonds. The fourth-order valence-corrected chi connectivity index (χ4v) is 4.04. The van der Waals surface area contributed by atoms with E-state index < -0.39 is 5.56 Å². The lowest BCUT2D eigenvalue weighted by Crippen LogP contribution is -2.14. The van der Waals surface area contributed by atoms with Crippen LogP contribution in [-0.4, -0.2) is 34.5 Å². The molecule has 0 atom stereocenters. The van der Waals surface area contributed by atoms with Gasteiger partial charge in [-0.3, -0.25) is 4.79 Å². The highest BCUT2D eigenvalue weighted by Gasteiger charge is 2.27. The van der Waals surface area contributed by atoms with Crippen LogP contribution in [-0.2, 0) is 12.8 Å². The zero-order chi connectivity index (χ0) is 25.7. The Morgan fingerprint density at radius 1 is 1.03 bits per heavy atom. The number of hydrogen-bond donors (Lipinski definition) is 2. The van der Waals surface area contributed by atoms with E-state index in [1.807, 2.05) is 6.92 Å². The number of aryl methyl sites for hydroxylation is 1. The van der Waals surface area contributed by atoms with Gasteiger partial charge >= 0.3 is 0 Å². The summed E-state index contributed by atoms with van der Waals surface area (Å²) in [6, 6.07) is 14.4. The molecule has 0 spiro atoms. The molecule has 0 bridgehead atoms. The molecule has 2 aromatic heterocycles. The largest absolute Gasteiger partial charge is 0.506 e. The summed E-state index contributed by atoms with van der Waals surface area (Å²) in [6.45, 7) is 2.05. The highest BCUT2D eigenvalue weighted by Crippen LogP contribution is 2.46. The number of hydrogen-bond acceptors (Lipinski definition) is 8. The Balaban J connectivity index is 1.84. The zero-order valence-corrected chi connectivity index (χ0v) is 20.3. The maximum atomic E-state index is 13.1.